The minimum absolute atomic E-state index is 0.0883. The lowest BCUT2D eigenvalue weighted by atomic mass is 9.85. The Labute approximate surface area is 120 Å². The monoisotopic (exact) mass is 271 g/mol. The number of esters is 1. The van der Waals surface area contributed by atoms with Gasteiger partial charge in [-0.25, -0.2) is 4.79 Å². The van der Waals surface area contributed by atoms with Crippen molar-refractivity contribution < 1.29 is 9.53 Å². The Morgan fingerprint density at radius 1 is 1.35 bits per heavy atom. The maximum atomic E-state index is 11.4. The molecule has 0 spiro atoms. The van der Waals surface area contributed by atoms with Crippen molar-refractivity contribution in [2.75, 3.05) is 18.1 Å². The summed E-state index contributed by atoms with van der Waals surface area (Å²) in [6, 6.07) is 8.26. The van der Waals surface area contributed by atoms with Crippen LogP contribution in [-0.2, 0) is 14.9 Å². The van der Waals surface area contributed by atoms with E-state index in [0.717, 1.165) is 11.4 Å². The lowest BCUT2D eigenvalue weighted by Gasteiger charge is -2.25. The number of rotatable bonds is 4. The number of allylic oxidation sites excluding steroid dienone is 1. The molecule has 0 amide bonds. The second-order valence-electron chi connectivity index (χ2n) is 5.66. The summed E-state index contributed by atoms with van der Waals surface area (Å²) in [5.41, 5.74) is 3.77. The van der Waals surface area contributed by atoms with Gasteiger partial charge >= 0.3 is 5.97 Å². The van der Waals surface area contributed by atoms with Crippen LogP contribution in [0.1, 0.15) is 26.3 Å². The van der Waals surface area contributed by atoms with Gasteiger partial charge in [0.05, 0.1) is 6.54 Å². The molecule has 1 aromatic carbocycles. The molecule has 0 saturated carbocycles. The van der Waals surface area contributed by atoms with Crippen molar-refractivity contribution in [3.63, 3.8) is 0 Å². The van der Waals surface area contributed by atoms with E-state index >= 15 is 0 Å². The molecule has 0 unspecified atom stereocenters. The predicted octanol–water partition coefficient (Wildman–Crippen LogP) is 3.42. The van der Waals surface area contributed by atoms with Gasteiger partial charge in [-0.05, 0) is 18.6 Å². The van der Waals surface area contributed by atoms with Crippen LogP contribution in [0, 0.1) is 0 Å². The molecule has 20 heavy (non-hydrogen) atoms. The fraction of sp³-hybridized carbons (Fsp3) is 0.353. The molecule has 0 fully saturated rings. The van der Waals surface area contributed by atoms with Gasteiger partial charge in [-0.15, -0.1) is 0 Å². The predicted molar refractivity (Wildman–Crippen MR) is 81.7 cm³/mol. The zero-order valence-electron chi connectivity index (χ0n) is 12.4. The molecule has 0 N–H and O–H groups in total. The molecule has 106 valence electrons. The Morgan fingerprint density at radius 2 is 2.00 bits per heavy atom. The number of carbonyl (C=O) groups is 1. The summed E-state index contributed by atoms with van der Waals surface area (Å²) in [6.07, 6.45) is 0. The molecule has 0 bridgehead atoms. The molecule has 1 heterocycles. The van der Waals surface area contributed by atoms with Gasteiger partial charge in [0.25, 0.3) is 0 Å². The van der Waals surface area contributed by atoms with Crippen molar-refractivity contribution >= 4 is 11.7 Å². The van der Waals surface area contributed by atoms with Crippen molar-refractivity contribution in [2.24, 2.45) is 0 Å². The summed E-state index contributed by atoms with van der Waals surface area (Å²) < 4.78 is 5.18. The Morgan fingerprint density at radius 3 is 2.65 bits per heavy atom. The van der Waals surface area contributed by atoms with Crippen LogP contribution >= 0.6 is 0 Å². The van der Waals surface area contributed by atoms with Crippen LogP contribution in [0.2, 0.25) is 0 Å². The quantitative estimate of drug-likeness (QED) is 0.621. The number of anilines is 1. The Balaban J connectivity index is 2.12. The first-order valence-corrected chi connectivity index (χ1v) is 6.74. The first kappa shape index (κ1) is 14.4. The van der Waals surface area contributed by atoms with E-state index < -0.39 is 0 Å². The zero-order chi connectivity index (χ0) is 14.9. The van der Waals surface area contributed by atoms with Crippen molar-refractivity contribution in [2.45, 2.75) is 26.2 Å². The van der Waals surface area contributed by atoms with Crippen LogP contribution in [0.25, 0.3) is 0 Å². The summed E-state index contributed by atoms with van der Waals surface area (Å²) >= 11 is 0. The van der Waals surface area contributed by atoms with E-state index in [1.807, 2.05) is 12.1 Å². The number of benzene rings is 1. The van der Waals surface area contributed by atoms with E-state index in [1.54, 1.807) is 6.92 Å². The Hall–Kier alpha value is -2.03. The average Bonchev–Trinajstić information content (AvgIpc) is 2.60. The molecular weight excluding hydrogens is 250 g/mol. The molecule has 1 aliphatic heterocycles. The van der Waals surface area contributed by atoms with Gasteiger partial charge in [-0.2, -0.15) is 0 Å². The van der Waals surface area contributed by atoms with Gasteiger partial charge in [0.1, 0.15) is 6.61 Å². The van der Waals surface area contributed by atoms with Crippen molar-refractivity contribution in [1.82, 2.24) is 0 Å². The highest BCUT2D eigenvalue weighted by atomic mass is 16.5. The number of carbonyl (C=O) groups excluding carboxylic acids is 1. The number of fused-ring (bicyclic) bond motifs is 1. The normalized spacial score (nSPS) is 15.9. The molecule has 0 saturated heterocycles. The van der Waals surface area contributed by atoms with Crippen molar-refractivity contribution in [1.29, 1.82) is 0 Å². The summed E-state index contributed by atoms with van der Waals surface area (Å²) in [4.78, 5) is 13.5. The van der Waals surface area contributed by atoms with Gasteiger partial charge in [-0.3, -0.25) is 0 Å². The lowest BCUT2D eigenvalue weighted by Crippen LogP contribution is -2.29. The fourth-order valence-corrected chi connectivity index (χ4v) is 2.48. The first-order valence-electron chi connectivity index (χ1n) is 6.74. The van der Waals surface area contributed by atoms with E-state index in [-0.39, 0.29) is 11.4 Å². The number of ether oxygens (including phenoxy) is 1. The Kier molecular flexibility index (Phi) is 3.71. The van der Waals surface area contributed by atoms with Gasteiger partial charge in [-0.1, -0.05) is 45.2 Å². The van der Waals surface area contributed by atoms with Gasteiger partial charge in [0.15, 0.2) is 0 Å². The standard InChI is InChI=1S/C17H21NO2/c1-12(2)16(19)20-11-10-18-13(3)17(4,5)14-8-6-7-9-15(14)18/h6-9H,1,3,10-11H2,2,4-5H3. The minimum atomic E-state index is -0.345. The molecule has 1 aromatic rings. The number of para-hydroxylation sites is 1. The maximum absolute atomic E-state index is 11.4. The number of hydrogen-bond acceptors (Lipinski definition) is 3. The molecule has 2 rings (SSSR count). The van der Waals surface area contributed by atoms with Crippen LogP contribution in [0.5, 0.6) is 0 Å². The van der Waals surface area contributed by atoms with E-state index in [1.165, 1.54) is 5.56 Å². The molecular formula is C17H21NO2. The fourth-order valence-electron chi connectivity index (χ4n) is 2.48. The Bertz CT molecular complexity index is 572. The average molecular weight is 271 g/mol. The van der Waals surface area contributed by atoms with E-state index in [9.17, 15) is 4.79 Å². The molecule has 0 atom stereocenters. The zero-order valence-corrected chi connectivity index (χ0v) is 12.4. The SMILES string of the molecule is C=C(C)C(=O)OCCN1C(=C)C(C)(C)c2ccccc21. The summed E-state index contributed by atoms with van der Waals surface area (Å²) in [7, 11) is 0. The van der Waals surface area contributed by atoms with Crippen LogP contribution in [0.3, 0.4) is 0 Å². The summed E-state index contributed by atoms with van der Waals surface area (Å²) in [5, 5.41) is 0. The third-order valence-corrected chi connectivity index (χ3v) is 3.81. The smallest absolute Gasteiger partial charge is 0.333 e. The van der Waals surface area contributed by atoms with Gasteiger partial charge < -0.3 is 9.64 Å². The number of hydrogen-bond donors (Lipinski definition) is 0. The largest absolute Gasteiger partial charge is 0.460 e. The second kappa shape index (κ2) is 5.16. The highest BCUT2D eigenvalue weighted by molar-refractivity contribution is 5.86. The van der Waals surface area contributed by atoms with E-state index in [4.69, 9.17) is 4.74 Å². The van der Waals surface area contributed by atoms with E-state index in [0.29, 0.717) is 18.7 Å². The van der Waals surface area contributed by atoms with Crippen LogP contribution in [0.15, 0.2) is 48.7 Å². The van der Waals surface area contributed by atoms with E-state index in [2.05, 4.69) is 44.0 Å². The van der Waals surface area contributed by atoms with Crippen LogP contribution in [-0.4, -0.2) is 19.1 Å². The molecule has 3 nitrogen and oxygen atoms in total. The third kappa shape index (κ3) is 2.36. The lowest BCUT2D eigenvalue weighted by molar-refractivity contribution is -0.138. The second-order valence-corrected chi connectivity index (χ2v) is 5.66. The molecule has 0 radical (unpaired) electrons. The number of nitrogens with zero attached hydrogens (tertiary/aromatic N) is 1. The molecule has 0 aliphatic carbocycles. The topological polar surface area (TPSA) is 29.5 Å². The van der Waals surface area contributed by atoms with Crippen LogP contribution in [0.4, 0.5) is 5.69 Å². The molecule has 3 heteroatoms. The van der Waals surface area contributed by atoms with Gasteiger partial charge in [0.2, 0.25) is 0 Å². The maximum Gasteiger partial charge on any atom is 0.333 e. The highest BCUT2D eigenvalue weighted by Crippen LogP contribution is 2.46. The van der Waals surface area contributed by atoms with Crippen molar-refractivity contribution in [3.8, 4) is 0 Å². The summed E-state index contributed by atoms with van der Waals surface area (Å²) in [6.45, 7) is 14.7. The molecule has 1 aliphatic rings. The third-order valence-electron chi connectivity index (χ3n) is 3.81. The highest BCUT2D eigenvalue weighted by Gasteiger charge is 2.38. The van der Waals surface area contributed by atoms with Crippen LogP contribution < -0.4 is 4.90 Å². The first-order chi connectivity index (χ1) is 9.35. The minimum Gasteiger partial charge on any atom is -0.460 e. The van der Waals surface area contributed by atoms with Gasteiger partial charge in [0, 0.05) is 22.4 Å². The van der Waals surface area contributed by atoms with Crippen molar-refractivity contribution in [3.05, 3.63) is 54.3 Å². The molecule has 0 aromatic heterocycles. The summed E-state index contributed by atoms with van der Waals surface area (Å²) in [5.74, 6) is -0.345.